The molecule has 0 fully saturated rings. The van der Waals surface area contributed by atoms with Gasteiger partial charge in [-0.15, -0.1) is 0 Å². The topological polar surface area (TPSA) is 32.7 Å². The summed E-state index contributed by atoms with van der Waals surface area (Å²) in [6, 6.07) is 11.2. The van der Waals surface area contributed by atoms with Crippen LogP contribution in [-0.2, 0) is 6.42 Å². The maximum Gasteiger partial charge on any atom is 0.159 e. The number of hydrogen-bond acceptors (Lipinski definition) is 3. The number of nitrogens with zero attached hydrogens (tertiary/aromatic N) is 1. The molecule has 0 aliphatic carbocycles. The molecule has 5 heteroatoms. The molecule has 0 spiro atoms. The Kier molecular flexibility index (Phi) is 6.07. The Labute approximate surface area is 135 Å². The van der Waals surface area contributed by atoms with Crippen molar-refractivity contribution in [2.24, 2.45) is 0 Å². The molecular weight excluding hydrogens is 300 g/mol. The van der Waals surface area contributed by atoms with Crippen LogP contribution in [0.25, 0.3) is 0 Å². The molecule has 0 amide bonds. The highest BCUT2D eigenvalue weighted by molar-refractivity contribution is 5.33. The lowest BCUT2D eigenvalue weighted by Gasteiger charge is -2.21. The molecular formula is C18H21F2NO2. The maximum atomic E-state index is 13.2. The summed E-state index contributed by atoms with van der Waals surface area (Å²) in [6.07, 6.45) is -0.0989. The van der Waals surface area contributed by atoms with Crippen LogP contribution < -0.4 is 4.74 Å². The van der Waals surface area contributed by atoms with E-state index in [1.165, 1.54) is 6.07 Å². The van der Waals surface area contributed by atoms with Crippen LogP contribution in [0.2, 0.25) is 0 Å². The van der Waals surface area contributed by atoms with E-state index in [-0.39, 0.29) is 0 Å². The van der Waals surface area contributed by atoms with Crippen molar-refractivity contribution in [2.45, 2.75) is 12.5 Å². The molecule has 1 atom stereocenters. The molecule has 3 nitrogen and oxygen atoms in total. The predicted molar refractivity (Wildman–Crippen MR) is 85.5 cm³/mol. The Morgan fingerprint density at radius 2 is 1.87 bits per heavy atom. The van der Waals surface area contributed by atoms with Crippen molar-refractivity contribution in [3.05, 3.63) is 65.2 Å². The van der Waals surface area contributed by atoms with Crippen molar-refractivity contribution < 1.29 is 18.6 Å². The molecule has 2 aromatic carbocycles. The molecule has 0 radical (unpaired) electrons. The highest BCUT2D eigenvalue weighted by atomic mass is 19.2. The molecule has 0 saturated carbocycles. The highest BCUT2D eigenvalue weighted by Crippen LogP contribution is 2.19. The second kappa shape index (κ2) is 8.04. The molecule has 0 aliphatic heterocycles. The SMILES string of the molecule is COc1ccccc1CCN(C)CC(O)c1ccc(F)c(F)c1. The van der Waals surface area contributed by atoms with E-state index in [0.717, 1.165) is 29.9 Å². The number of likely N-dealkylation sites (N-methyl/N-ethyl adjacent to an activating group) is 1. The van der Waals surface area contributed by atoms with E-state index in [2.05, 4.69) is 0 Å². The monoisotopic (exact) mass is 321 g/mol. The lowest BCUT2D eigenvalue weighted by atomic mass is 10.1. The van der Waals surface area contributed by atoms with Gasteiger partial charge in [0.05, 0.1) is 13.2 Å². The smallest absolute Gasteiger partial charge is 0.159 e. The van der Waals surface area contributed by atoms with Crippen LogP contribution in [0.1, 0.15) is 17.2 Å². The lowest BCUT2D eigenvalue weighted by molar-refractivity contribution is 0.127. The standard InChI is InChI=1S/C18H21F2NO2/c1-21(10-9-13-5-3-4-6-18(13)23-2)12-17(22)14-7-8-15(19)16(20)11-14/h3-8,11,17,22H,9-10,12H2,1-2H3. The van der Waals surface area contributed by atoms with Gasteiger partial charge in [0.25, 0.3) is 0 Å². The van der Waals surface area contributed by atoms with Gasteiger partial charge >= 0.3 is 0 Å². The summed E-state index contributed by atoms with van der Waals surface area (Å²) < 4.78 is 31.4. The Hall–Kier alpha value is -1.98. The molecule has 0 aromatic heterocycles. The molecule has 23 heavy (non-hydrogen) atoms. The number of para-hydroxylation sites is 1. The summed E-state index contributed by atoms with van der Waals surface area (Å²) >= 11 is 0. The van der Waals surface area contributed by atoms with Crippen LogP contribution in [0.4, 0.5) is 8.78 Å². The predicted octanol–water partition coefficient (Wildman–Crippen LogP) is 3.18. The van der Waals surface area contributed by atoms with Crippen molar-refractivity contribution in [1.82, 2.24) is 4.90 Å². The maximum absolute atomic E-state index is 13.2. The molecule has 1 unspecified atom stereocenters. The van der Waals surface area contributed by atoms with Gasteiger partial charge in [-0.1, -0.05) is 24.3 Å². The van der Waals surface area contributed by atoms with Gasteiger partial charge in [0.1, 0.15) is 5.75 Å². The summed E-state index contributed by atoms with van der Waals surface area (Å²) in [4.78, 5) is 1.94. The fourth-order valence-corrected chi connectivity index (χ4v) is 2.43. The molecule has 0 bridgehead atoms. The van der Waals surface area contributed by atoms with E-state index < -0.39 is 17.7 Å². The molecule has 0 heterocycles. The highest BCUT2D eigenvalue weighted by Gasteiger charge is 2.13. The van der Waals surface area contributed by atoms with E-state index in [9.17, 15) is 13.9 Å². The van der Waals surface area contributed by atoms with Crippen molar-refractivity contribution in [3.63, 3.8) is 0 Å². The minimum Gasteiger partial charge on any atom is -0.496 e. The van der Waals surface area contributed by atoms with Gasteiger partial charge in [-0.2, -0.15) is 0 Å². The Morgan fingerprint density at radius 1 is 1.13 bits per heavy atom. The molecule has 0 saturated heterocycles. The molecule has 0 aliphatic rings. The van der Waals surface area contributed by atoms with Crippen LogP contribution in [0, 0.1) is 11.6 Å². The van der Waals surface area contributed by atoms with E-state index >= 15 is 0 Å². The number of halogens is 2. The van der Waals surface area contributed by atoms with Gasteiger partial charge in [-0.3, -0.25) is 0 Å². The summed E-state index contributed by atoms with van der Waals surface area (Å²) in [6.45, 7) is 1.04. The molecule has 124 valence electrons. The number of ether oxygens (including phenoxy) is 1. The number of rotatable bonds is 7. The minimum atomic E-state index is -0.946. The van der Waals surface area contributed by atoms with Crippen molar-refractivity contribution in [2.75, 3.05) is 27.2 Å². The van der Waals surface area contributed by atoms with Gasteiger partial charge in [0, 0.05) is 13.1 Å². The average molecular weight is 321 g/mol. The summed E-state index contributed by atoms with van der Waals surface area (Å²) in [7, 11) is 3.51. The minimum absolute atomic E-state index is 0.334. The summed E-state index contributed by atoms with van der Waals surface area (Å²) in [5, 5.41) is 10.1. The van der Waals surface area contributed by atoms with Crippen molar-refractivity contribution >= 4 is 0 Å². The second-order valence-corrected chi connectivity index (χ2v) is 5.51. The van der Waals surface area contributed by atoms with Crippen molar-refractivity contribution in [1.29, 1.82) is 0 Å². The van der Waals surface area contributed by atoms with E-state index in [1.807, 2.05) is 36.2 Å². The first-order valence-corrected chi connectivity index (χ1v) is 7.44. The number of aliphatic hydroxyl groups is 1. The fourth-order valence-electron chi connectivity index (χ4n) is 2.43. The van der Waals surface area contributed by atoms with Crippen LogP contribution in [-0.4, -0.2) is 37.3 Å². The Morgan fingerprint density at radius 3 is 2.57 bits per heavy atom. The van der Waals surface area contributed by atoms with E-state index in [0.29, 0.717) is 18.7 Å². The summed E-state index contributed by atoms with van der Waals surface area (Å²) in [5.41, 5.74) is 1.46. The third-order valence-electron chi connectivity index (χ3n) is 3.77. The zero-order valence-electron chi connectivity index (χ0n) is 13.3. The van der Waals surface area contributed by atoms with Crippen LogP contribution in [0.5, 0.6) is 5.75 Å². The first-order valence-electron chi connectivity index (χ1n) is 7.44. The first kappa shape index (κ1) is 17.4. The quantitative estimate of drug-likeness (QED) is 0.850. The van der Waals surface area contributed by atoms with Gasteiger partial charge in [-0.25, -0.2) is 8.78 Å². The van der Waals surface area contributed by atoms with Gasteiger partial charge in [0.2, 0.25) is 0 Å². The Balaban J connectivity index is 1.91. The molecule has 2 aromatic rings. The second-order valence-electron chi connectivity index (χ2n) is 5.51. The molecule has 1 N–H and O–H groups in total. The zero-order chi connectivity index (χ0) is 16.8. The average Bonchev–Trinajstić information content (AvgIpc) is 2.55. The largest absolute Gasteiger partial charge is 0.496 e. The molecule has 2 rings (SSSR count). The number of methoxy groups -OCH3 is 1. The fraction of sp³-hybridized carbons (Fsp3) is 0.333. The lowest BCUT2D eigenvalue weighted by Crippen LogP contribution is -2.27. The number of hydrogen-bond donors (Lipinski definition) is 1. The van der Waals surface area contributed by atoms with Crippen LogP contribution in [0.15, 0.2) is 42.5 Å². The normalized spacial score (nSPS) is 12.4. The third kappa shape index (κ3) is 4.74. The van der Waals surface area contributed by atoms with Crippen molar-refractivity contribution in [3.8, 4) is 5.75 Å². The van der Waals surface area contributed by atoms with E-state index in [4.69, 9.17) is 4.74 Å². The number of benzene rings is 2. The van der Waals surface area contributed by atoms with Crippen LogP contribution in [0.3, 0.4) is 0 Å². The Bertz CT molecular complexity index is 649. The number of aliphatic hydroxyl groups excluding tert-OH is 1. The van der Waals surface area contributed by atoms with E-state index in [1.54, 1.807) is 7.11 Å². The summed E-state index contributed by atoms with van der Waals surface area (Å²) in [5.74, 6) is -1.02. The third-order valence-corrected chi connectivity index (χ3v) is 3.77. The van der Waals surface area contributed by atoms with Gasteiger partial charge in [-0.05, 0) is 42.8 Å². The van der Waals surface area contributed by atoms with Crippen LogP contribution >= 0.6 is 0 Å². The zero-order valence-corrected chi connectivity index (χ0v) is 13.3. The van der Waals surface area contributed by atoms with Gasteiger partial charge < -0.3 is 14.7 Å². The van der Waals surface area contributed by atoms with Gasteiger partial charge in [0.15, 0.2) is 11.6 Å². The first-order chi connectivity index (χ1) is 11.0.